The Morgan fingerprint density at radius 2 is 1.91 bits per heavy atom. The first-order valence-corrected chi connectivity index (χ1v) is 7.17. The highest BCUT2D eigenvalue weighted by Crippen LogP contribution is 2.17. The fourth-order valence-electron chi connectivity index (χ4n) is 2.54. The number of carbonyl (C=O) groups excluding carboxylic acids is 1. The number of fused-ring (bicyclic) bond motifs is 1. The van der Waals surface area contributed by atoms with Crippen LogP contribution in [0.25, 0.3) is 11.0 Å². The summed E-state index contributed by atoms with van der Waals surface area (Å²) in [5, 5.41) is 3.04. The number of carbonyl (C=O) groups is 1. The summed E-state index contributed by atoms with van der Waals surface area (Å²) in [4.78, 5) is 20.8. The molecule has 0 aliphatic carbocycles. The van der Waals surface area contributed by atoms with Crippen LogP contribution in [0.5, 0.6) is 0 Å². The number of rotatable bonds is 5. The van der Waals surface area contributed by atoms with Crippen molar-refractivity contribution < 1.29 is 4.79 Å². The molecular formula is C16H23ClN4O. The second-order valence-corrected chi connectivity index (χ2v) is 6.08. The highest BCUT2D eigenvalue weighted by Gasteiger charge is 2.26. The van der Waals surface area contributed by atoms with Crippen molar-refractivity contribution in [3.8, 4) is 0 Å². The molecule has 3 N–H and O–H groups in total. The Labute approximate surface area is 137 Å². The van der Waals surface area contributed by atoms with Crippen molar-refractivity contribution in [2.75, 3.05) is 6.54 Å². The van der Waals surface area contributed by atoms with E-state index >= 15 is 0 Å². The number of hydrogen-bond acceptors (Lipinski definition) is 4. The zero-order chi connectivity index (χ0) is 15.5. The summed E-state index contributed by atoms with van der Waals surface area (Å²) in [6, 6.07) is 5.32. The maximum atomic E-state index is 12.4. The minimum absolute atomic E-state index is 0. The molecule has 22 heavy (non-hydrogen) atoms. The van der Waals surface area contributed by atoms with Crippen molar-refractivity contribution in [3.63, 3.8) is 0 Å². The normalized spacial score (nSPS) is 13.5. The van der Waals surface area contributed by atoms with E-state index in [1.807, 2.05) is 6.92 Å². The number of nitrogens with two attached hydrogens (primary N) is 1. The molecule has 0 aliphatic rings. The lowest BCUT2D eigenvalue weighted by atomic mass is 9.90. The van der Waals surface area contributed by atoms with Gasteiger partial charge in [-0.05, 0) is 37.5 Å². The van der Waals surface area contributed by atoms with Crippen molar-refractivity contribution in [1.82, 2.24) is 15.3 Å². The average molecular weight is 323 g/mol. The Hall–Kier alpha value is -1.72. The summed E-state index contributed by atoms with van der Waals surface area (Å²) in [5.74, 6) is 0.331. The lowest BCUT2D eigenvalue weighted by Gasteiger charge is -2.31. The Morgan fingerprint density at radius 3 is 2.50 bits per heavy atom. The van der Waals surface area contributed by atoms with Gasteiger partial charge in [-0.15, -0.1) is 12.4 Å². The van der Waals surface area contributed by atoms with Gasteiger partial charge in [0.25, 0.3) is 5.91 Å². The predicted octanol–water partition coefficient (Wildman–Crippen LogP) is 2.54. The molecule has 0 spiro atoms. The van der Waals surface area contributed by atoms with E-state index in [2.05, 4.69) is 29.1 Å². The molecule has 0 saturated heterocycles. The lowest BCUT2D eigenvalue weighted by Crippen LogP contribution is -2.52. The minimum Gasteiger partial charge on any atom is -0.346 e. The number of hydrogen-bond donors (Lipinski definition) is 2. The van der Waals surface area contributed by atoms with Crippen molar-refractivity contribution in [2.45, 2.75) is 32.7 Å². The summed E-state index contributed by atoms with van der Waals surface area (Å²) in [6.45, 7) is 6.62. The molecule has 2 aromatic rings. The molecule has 0 fully saturated rings. The first-order valence-electron chi connectivity index (χ1n) is 7.17. The van der Waals surface area contributed by atoms with Crippen LogP contribution in [0.3, 0.4) is 0 Å². The fraction of sp³-hybridized carbons (Fsp3) is 0.438. The lowest BCUT2D eigenvalue weighted by molar-refractivity contribution is 0.0898. The van der Waals surface area contributed by atoms with Gasteiger partial charge in [0, 0.05) is 30.0 Å². The number of amides is 1. The molecular weight excluding hydrogens is 300 g/mol. The predicted molar refractivity (Wildman–Crippen MR) is 91.2 cm³/mol. The molecule has 0 bridgehead atoms. The van der Waals surface area contributed by atoms with E-state index in [0.717, 1.165) is 11.9 Å². The number of nitrogens with zero attached hydrogens (tertiary/aromatic N) is 2. The molecule has 6 heteroatoms. The molecule has 0 aliphatic heterocycles. The standard InChI is InChI=1S/C16H22N4O.ClH/c1-11(2)9-16(3,10-17)20-15(21)12-4-5-13-14(8-12)19-7-6-18-13;/h4-8,11H,9-10,17H2,1-3H3,(H,20,21);1H. The second kappa shape index (κ2) is 7.51. The van der Waals surface area contributed by atoms with Gasteiger partial charge < -0.3 is 11.1 Å². The van der Waals surface area contributed by atoms with Gasteiger partial charge in [0.15, 0.2) is 0 Å². The van der Waals surface area contributed by atoms with Crippen LogP contribution in [0.1, 0.15) is 37.6 Å². The van der Waals surface area contributed by atoms with Crippen molar-refractivity contribution in [3.05, 3.63) is 36.2 Å². The molecule has 120 valence electrons. The van der Waals surface area contributed by atoms with E-state index in [-0.39, 0.29) is 18.3 Å². The molecule has 5 nitrogen and oxygen atoms in total. The quantitative estimate of drug-likeness (QED) is 0.886. The van der Waals surface area contributed by atoms with Gasteiger partial charge in [0.2, 0.25) is 0 Å². The minimum atomic E-state index is -0.400. The van der Waals surface area contributed by atoms with Crippen molar-refractivity contribution >= 4 is 29.3 Å². The van der Waals surface area contributed by atoms with E-state index in [4.69, 9.17) is 5.73 Å². The molecule has 2 rings (SSSR count). The SMILES string of the molecule is CC(C)CC(C)(CN)NC(=O)c1ccc2nccnc2c1.Cl. The van der Waals surface area contributed by atoms with E-state index in [9.17, 15) is 4.79 Å². The summed E-state index contributed by atoms with van der Waals surface area (Å²) in [5.41, 5.74) is 7.50. The summed E-state index contributed by atoms with van der Waals surface area (Å²) >= 11 is 0. The number of nitrogens with one attached hydrogen (secondary N) is 1. The van der Waals surface area contributed by atoms with Gasteiger partial charge in [-0.1, -0.05) is 13.8 Å². The first kappa shape index (κ1) is 18.3. The van der Waals surface area contributed by atoms with Crippen LogP contribution < -0.4 is 11.1 Å². The molecule has 1 aromatic heterocycles. The molecule has 0 radical (unpaired) electrons. The van der Waals surface area contributed by atoms with Gasteiger partial charge in [-0.25, -0.2) is 0 Å². The van der Waals surface area contributed by atoms with Gasteiger partial charge in [0.1, 0.15) is 0 Å². The first-order chi connectivity index (χ1) is 9.93. The largest absolute Gasteiger partial charge is 0.346 e. The highest BCUT2D eigenvalue weighted by molar-refractivity contribution is 5.97. The smallest absolute Gasteiger partial charge is 0.251 e. The third-order valence-electron chi connectivity index (χ3n) is 3.46. The average Bonchev–Trinajstić information content (AvgIpc) is 2.45. The van der Waals surface area contributed by atoms with Gasteiger partial charge >= 0.3 is 0 Å². The molecule has 1 aromatic carbocycles. The van der Waals surface area contributed by atoms with Gasteiger partial charge in [-0.3, -0.25) is 14.8 Å². The summed E-state index contributed by atoms with van der Waals surface area (Å²) < 4.78 is 0. The van der Waals surface area contributed by atoms with Crippen LogP contribution >= 0.6 is 12.4 Å². The van der Waals surface area contributed by atoms with Gasteiger partial charge in [0.05, 0.1) is 11.0 Å². The molecule has 0 saturated carbocycles. The van der Waals surface area contributed by atoms with Crippen LogP contribution in [0, 0.1) is 5.92 Å². The number of aromatic nitrogens is 2. The van der Waals surface area contributed by atoms with E-state index in [1.165, 1.54) is 0 Å². The van der Waals surface area contributed by atoms with Crippen LogP contribution in [0.4, 0.5) is 0 Å². The van der Waals surface area contributed by atoms with Gasteiger partial charge in [-0.2, -0.15) is 0 Å². The number of halogens is 1. The Morgan fingerprint density at radius 1 is 1.27 bits per heavy atom. The summed E-state index contributed by atoms with van der Waals surface area (Å²) in [7, 11) is 0. The van der Waals surface area contributed by atoms with Crippen LogP contribution in [-0.4, -0.2) is 28.0 Å². The third kappa shape index (κ3) is 4.39. The molecule has 1 unspecified atom stereocenters. The van der Waals surface area contributed by atoms with Crippen molar-refractivity contribution in [1.29, 1.82) is 0 Å². The fourth-order valence-corrected chi connectivity index (χ4v) is 2.54. The van der Waals surface area contributed by atoms with E-state index in [1.54, 1.807) is 30.6 Å². The van der Waals surface area contributed by atoms with E-state index < -0.39 is 5.54 Å². The second-order valence-electron chi connectivity index (χ2n) is 6.08. The Kier molecular flexibility index (Phi) is 6.26. The van der Waals surface area contributed by atoms with Crippen LogP contribution in [-0.2, 0) is 0 Å². The Balaban J connectivity index is 0.00000242. The molecule has 1 atom stereocenters. The maximum absolute atomic E-state index is 12.4. The third-order valence-corrected chi connectivity index (χ3v) is 3.46. The molecule has 1 amide bonds. The van der Waals surface area contributed by atoms with E-state index in [0.29, 0.717) is 23.5 Å². The summed E-state index contributed by atoms with van der Waals surface area (Å²) in [6.07, 6.45) is 4.09. The monoisotopic (exact) mass is 322 g/mol. The topological polar surface area (TPSA) is 80.9 Å². The van der Waals surface area contributed by atoms with Crippen LogP contribution in [0.15, 0.2) is 30.6 Å². The zero-order valence-corrected chi connectivity index (χ0v) is 14.0. The zero-order valence-electron chi connectivity index (χ0n) is 13.2. The van der Waals surface area contributed by atoms with Crippen LogP contribution in [0.2, 0.25) is 0 Å². The molecule has 1 heterocycles. The maximum Gasteiger partial charge on any atom is 0.251 e. The highest BCUT2D eigenvalue weighted by atomic mass is 35.5. The Bertz CT molecular complexity index is 647. The number of benzene rings is 1. The van der Waals surface area contributed by atoms with Crippen molar-refractivity contribution in [2.24, 2.45) is 11.7 Å².